The molecule has 0 bridgehead atoms. The lowest BCUT2D eigenvalue weighted by molar-refractivity contribution is 0.0247. The standard InChI is InChI=1S/C31H36F2N4O5S/c1-30(2,3)41-28(39)35-20-10-8-7-9-19(20)34-26-24(33)18-15-37(29(40)42-31(4,5)6)27(38)23(18)25(36-26)22-14-16-13-17(32)11-12-21(16)43-22/h11-14,19-20H,7-10,15H2,1-6H3,(H,34,36)(H,35,39)/t19-,20+/m1/s1. The van der Waals surface area contributed by atoms with E-state index < -0.39 is 40.9 Å². The molecule has 43 heavy (non-hydrogen) atoms. The number of benzene rings is 1. The molecule has 3 aromatic rings. The van der Waals surface area contributed by atoms with Gasteiger partial charge in [-0.2, -0.15) is 0 Å². The minimum atomic E-state index is -0.888. The van der Waals surface area contributed by atoms with Crippen LogP contribution < -0.4 is 10.6 Å². The number of halogens is 2. The Hall–Kier alpha value is -3.80. The van der Waals surface area contributed by atoms with Crippen LogP contribution >= 0.6 is 11.3 Å². The molecule has 2 aliphatic rings. The summed E-state index contributed by atoms with van der Waals surface area (Å²) in [7, 11) is 0. The number of hydrogen-bond acceptors (Lipinski definition) is 8. The number of carbonyl (C=O) groups is 3. The van der Waals surface area contributed by atoms with Crippen molar-refractivity contribution in [2.45, 2.75) is 97.1 Å². The molecule has 1 aliphatic heterocycles. The Morgan fingerprint density at radius 1 is 1.00 bits per heavy atom. The maximum absolute atomic E-state index is 16.2. The minimum absolute atomic E-state index is 0.0134. The van der Waals surface area contributed by atoms with Gasteiger partial charge in [-0.1, -0.05) is 12.8 Å². The van der Waals surface area contributed by atoms with Crippen LogP contribution in [-0.2, 0) is 16.0 Å². The summed E-state index contributed by atoms with van der Waals surface area (Å²) < 4.78 is 41.8. The Bertz CT molecular complexity index is 1590. The van der Waals surface area contributed by atoms with Crippen LogP contribution in [0.5, 0.6) is 0 Å². The Morgan fingerprint density at radius 2 is 1.67 bits per heavy atom. The smallest absolute Gasteiger partial charge is 0.417 e. The molecule has 1 fully saturated rings. The first-order valence-electron chi connectivity index (χ1n) is 14.3. The molecule has 1 aromatic carbocycles. The van der Waals surface area contributed by atoms with Gasteiger partial charge in [-0.3, -0.25) is 4.79 Å². The third-order valence-electron chi connectivity index (χ3n) is 7.13. The van der Waals surface area contributed by atoms with E-state index >= 15 is 4.39 Å². The molecule has 2 atom stereocenters. The number of nitrogens with one attached hydrogen (secondary N) is 2. The van der Waals surface area contributed by atoms with Crippen LogP contribution in [0.25, 0.3) is 20.7 Å². The second-order valence-corrected chi connectivity index (χ2v) is 14.0. The minimum Gasteiger partial charge on any atom is -0.444 e. The number of thiophene rings is 1. The zero-order chi connectivity index (χ0) is 31.3. The fraction of sp³-hybridized carbons (Fsp3) is 0.484. The van der Waals surface area contributed by atoms with Crippen LogP contribution in [0.4, 0.5) is 24.2 Å². The van der Waals surface area contributed by atoms with Gasteiger partial charge >= 0.3 is 12.2 Å². The number of imide groups is 1. The topological polar surface area (TPSA) is 110 Å². The highest BCUT2D eigenvalue weighted by Crippen LogP contribution is 2.41. The highest BCUT2D eigenvalue weighted by atomic mass is 32.1. The molecule has 0 saturated heterocycles. The second kappa shape index (κ2) is 11.4. The summed E-state index contributed by atoms with van der Waals surface area (Å²) in [6.07, 6.45) is 1.58. The van der Waals surface area contributed by atoms with E-state index in [1.54, 1.807) is 53.7 Å². The molecule has 12 heteroatoms. The lowest BCUT2D eigenvalue weighted by atomic mass is 9.90. The SMILES string of the molecule is CC(C)(C)OC(=O)N[C@H]1CCCC[C@H]1Nc1nc(-c2cc3cc(F)ccc3s2)c2c(c1F)CN(C(=O)OC(C)(C)C)C2=O. The number of aromatic nitrogens is 1. The van der Waals surface area contributed by atoms with Gasteiger partial charge in [-0.05, 0) is 84.0 Å². The van der Waals surface area contributed by atoms with E-state index in [9.17, 15) is 18.8 Å². The van der Waals surface area contributed by atoms with Crippen molar-refractivity contribution in [1.82, 2.24) is 15.2 Å². The number of fused-ring (bicyclic) bond motifs is 2. The fourth-order valence-electron chi connectivity index (χ4n) is 5.34. The van der Waals surface area contributed by atoms with Crippen molar-refractivity contribution in [2.24, 2.45) is 0 Å². The van der Waals surface area contributed by atoms with Gasteiger partial charge in [0.1, 0.15) is 17.0 Å². The number of ether oxygens (including phenoxy) is 2. The fourth-order valence-corrected chi connectivity index (χ4v) is 6.38. The average molecular weight is 615 g/mol. The van der Waals surface area contributed by atoms with Gasteiger partial charge in [0.25, 0.3) is 5.91 Å². The quantitative estimate of drug-likeness (QED) is 0.316. The van der Waals surface area contributed by atoms with Gasteiger partial charge in [0, 0.05) is 16.3 Å². The van der Waals surface area contributed by atoms with E-state index in [0.29, 0.717) is 23.1 Å². The van der Waals surface area contributed by atoms with Crippen molar-refractivity contribution in [1.29, 1.82) is 0 Å². The predicted octanol–water partition coefficient (Wildman–Crippen LogP) is 7.38. The molecule has 2 aromatic heterocycles. The molecular formula is C31H36F2N4O5S. The normalized spacial score (nSPS) is 18.9. The zero-order valence-electron chi connectivity index (χ0n) is 25.1. The van der Waals surface area contributed by atoms with Crippen LogP contribution in [0.15, 0.2) is 24.3 Å². The Kier molecular flexibility index (Phi) is 8.10. The summed E-state index contributed by atoms with van der Waals surface area (Å²) in [6, 6.07) is 5.32. The number of anilines is 1. The van der Waals surface area contributed by atoms with E-state index in [1.807, 2.05) is 0 Å². The zero-order valence-corrected chi connectivity index (χ0v) is 25.9. The highest BCUT2D eigenvalue weighted by molar-refractivity contribution is 7.22. The van der Waals surface area contributed by atoms with Crippen LogP contribution in [0.1, 0.15) is 83.1 Å². The second-order valence-electron chi connectivity index (χ2n) is 12.9. The van der Waals surface area contributed by atoms with E-state index in [0.717, 1.165) is 22.4 Å². The number of hydrogen-bond donors (Lipinski definition) is 2. The summed E-state index contributed by atoms with van der Waals surface area (Å²) in [4.78, 5) is 45.1. The Labute approximate surface area is 252 Å². The van der Waals surface area contributed by atoms with Crippen molar-refractivity contribution in [3.8, 4) is 10.6 Å². The number of carbonyl (C=O) groups excluding carboxylic acids is 3. The van der Waals surface area contributed by atoms with Crippen molar-refractivity contribution in [3.63, 3.8) is 0 Å². The first-order valence-corrected chi connectivity index (χ1v) is 15.1. The van der Waals surface area contributed by atoms with Crippen molar-refractivity contribution < 1.29 is 32.6 Å². The Morgan fingerprint density at radius 3 is 2.35 bits per heavy atom. The summed E-state index contributed by atoms with van der Waals surface area (Å²) in [5, 5.41) is 6.71. The van der Waals surface area contributed by atoms with Gasteiger partial charge in [0.2, 0.25) is 0 Å². The van der Waals surface area contributed by atoms with Gasteiger partial charge in [-0.25, -0.2) is 28.3 Å². The first-order chi connectivity index (χ1) is 20.1. The molecule has 3 amide bonds. The molecule has 0 spiro atoms. The number of rotatable bonds is 4. The van der Waals surface area contributed by atoms with E-state index in [4.69, 9.17) is 9.47 Å². The summed E-state index contributed by atoms with van der Waals surface area (Å²) in [6.45, 7) is 10.0. The molecule has 2 N–H and O–H groups in total. The van der Waals surface area contributed by atoms with Gasteiger partial charge in [-0.15, -0.1) is 11.3 Å². The number of nitrogens with zero attached hydrogens (tertiary/aromatic N) is 2. The van der Waals surface area contributed by atoms with E-state index in [-0.39, 0.29) is 41.3 Å². The molecule has 1 aliphatic carbocycles. The molecule has 9 nitrogen and oxygen atoms in total. The number of amides is 3. The van der Waals surface area contributed by atoms with E-state index in [1.165, 1.54) is 23.5 Å². The largest absolute Gasteiger partial charge is 0.444 e. The Balaban J connectivity index is 1.54. The summed E-state index contributed by atoms with van der Waals surface area (Å²) >= 11 is 1.28. The lowest BCUT2D eigenvalue weighted by Gasteiger charge is -2.34. The van der Waals surface area contributed by atoms with Gasteiger partial charge < -0.3 is 20.1 Å². The number of pyridine rings is 1. The van der Waals surface area contributed by atoms with Crippen LogP contribution in [0.2, 0.25) is 0 Å². The maximum Gasteiger partial charge on any atom is 0.417 e. The molecule has 0 unspecified atom stereocenters. The van der Waals surface area contributed by atoms with Gasteiger partial charge in [0.05, 0.1) is 28.7 Å². The maximum atomic E-state index is 16.2. The molecular weight excluding hydrogens is 578 g/mol. The summed E-state index contributed by atoms with van der Waals surface area (Å²) in [5.74, 6) is -1.99. The van der Waals surface area contributed by atoms with Crippen LogP contribution in [0, 0.1) is 11.6 Å². The van der Waals surface area contributed by atoms with Crippen LogP contribution in [-0.4, -0.2) is 51.3 Å². The van der Waals surface area contributed by atoms with Crippen LogP contribution in [0.3, 0.4) is 0 Å². The molecule has 3 heterocycles. The lowest BCUT2D eigenvalue weighted by Crippen LogP contribution is -2.50. The molecule has 5 rings (SSSR count). The highest BCUT2D eigenvalue weighted by Gasteiger charge is 2.41. The third kappa shape index (κ3) is 6.74. The molecule has 230 valence electrons. The van der Waals surface area contributed by atoms with Crippen molar-refractivity contribution in [3.05, 3.63) is 47.0 Å². The van der Waals surface area contributed by atoms with E-state index in [2.05, 4.69) is 15.6 Å². The summed E-state index contributed by atoms with van der Waals surface area (Å²) in [5.41, 5.74) is -1.38. The monoisotopic (exact) mass is 614 g/mol. The third-order valence-corrected chi connectivity index (χ3v) is 8.25. The first kappa shape index (κ1) is 30.7. The number of alkyl carbamates (subject to hydrolysis) is 1. The van der Waals surface area contributed by atoms with Crippen molar-refractivity contribution >= 4 is 45.3 Å². The molecule has 0 radical (unpaired) electrons. The predicted molar refractivity (Wildman–Crippen MR) is 160 cm³/mol. The van der Waals surface area contributed by atoms with Crippen molar-refractivity contribution in [2.75, 3.05) is 5.32 Å². The average Bonchev–Trinajstić information content (AvgIpc) is 3.46. The molecule has 1 saturated carbocycles. The van der Waals surface area contributed by atoms with Gasteiger partial charge in [0.15, 0.2) is 11.6 Å².